The molecule has 1 fully saturated rings. The van der Waals surface area contributed by atoms with Crippen molar-refractivity contribution in [1.82, 2.24) is 9.91 Å². The van der Waals surface area contributed by atoms with Crippen LogP contribution in [0.5, 0.6) is 0 Å². The molecule has 0 amide bonds. The van der Waals surface area contributed by atoms with Crippen molar-refractivity contribution < 1.29 is 4.74 Å². The highest BCUT2D eigenvalue weighted by atomic mass is 32.2. The lowest BCUT2D eigenvalue weighted by molar-refractivity contribution is 0.160. The molecule has 6 heteroatoms. The van der Waals surface area contributed by atoms with Gasteiger partial charge in [-0.15, -0.1) is 11.3 Å². The number of amidine groups is 1. The molecule has 1 atom stereocenters. The molecule has 1 aliphatic heterocycles. The van der Waals surface area contributed by atoms with Gasteiger partial charge in [0.25, 0.3) is 0 Å². The van der Waals surface area contributed by atoms with Crippen LogP contribution in [0.3, 0.4) is 0 Å². The van der Waals surface area contributed by atoms with Crippen molar-refractivity contribution >= 4 is 28.3 Å². The Labute approximate surface area is 122 Å². The third kappa shape index (κ3) is 2.75. The summed E-state index contributed by atoms with van der Waals surface area (Å²) in [7, 11) is 3.82. The van der Waals surface area contributed by atoms with Gasteiger partial charge in [0.2, 0.25) is 0 Å². The average molecular weight is 297 g/mol. The summed E-state index contributed by atoms with van der Waals surface area (Å²) in [5.74, 6) is 0.962. The Bertz CT molecular complexity index is 445. The number of nitrogens with zero attached hydrogens (tertiary/aromatic N) is 3. The molecule has 1 saturated carbocycles. The molecule has 1 aromatic heterocycles. The van der Waals surface area contributed by atoms with Gasteiger partial charge in [-0.2, -0.15) is 5.10 Å². The Morgan fingerprint density at radius 1 is 1.53 bits per heavy atom. The largest absolute Gasteiger partial charge is 0.384 e. The monoisotopic (exact) mass is 297 g/mol. The smallest absolute Gasteiger partial charge is 0.185 e. The highest BCUT2D eigenvalue weighted by Crippen LogP contribution is 2.42. The Balaban J connectivity index is 1.75. The maximum absolute atomic E-state index is 5.13. The van der Waals surface area contributed by atoms with Crippen LogP contribution in [-0.2, 0) is 4.74 Å². The molecule has 19 heavy (non-hydrogen) atoms. The molecular weight excluding hydrogens is 278 g/mol. The maximum Gasteiger partial charge on any atom is 0.185 e. The fourth-order valence-corrected chi connectivity index (χ4v) is 4.19. The van der Waals surface area contributed by atoms with E-state index in [1.165, 1.54) is 17.7 Å². The van der Waals surface area contributed by atoms with Crippen LogP contribution in [0.1, 0.15) is 23.9 Å². The van der Waals surface area contributed by atoms with Gasteiger partial charge in [-0.25, -0.2) is 0 Å². The van der Waals surface area contributed by atoms with E-state index in [4.69, 9.17) is 9.84 Å². The number of methoxy groups -OCH3 is 1. The zero-order chi connectivity index (χ0) is 13.2. The summed E-state index contributed by atoms with van der Waals surface area (Å²) in [6.07, 6.45) is 2.87. The summed E-state index contributed by atoms with van der Waals surface area (Å²) < 4.78 is 5.13. The van der Waals surface area contributed by atoms with Crippen LogP contribution in [-0.4, -0.2) is 47.6 Å². The number of thiophene rings is 1. The Kier molecular flexibility index (Phi) is 4.00. The molecular formula is C13H19N3OS2. The zero-order valence-corrected chi connectivity index (χ0v) is 12.9. The molecule has 2 heterocycles. The fourth-order valence-electron chi connectivity index (χ4n) is 2.31. The van der Waals surface area contributed by atoms with E-state index in [-0.39, 0.29) is 6.17 Å². The van der Waals surface area contributed by atoms with Crippen molar-refractivity contribution in [3.63, 3.8) is 0 Å². The normalized spacial score (nSPS) is 23.1. The molecule has 0 bridgehead atoms. The number of rotatable bonds is 5. The number of hydrogen-bond donors (Lipinski definition) is 0. The lowest BCUT2D eigenvalue weighted by atomic mass is 10.3. The predicted octanol–water partition coefficient (Wildman–Crippen LogP) is 2.81. The van der Waals surface area contributed by atoms with Crippen LogP contribution in [0.4, 0.5) is 0 Å². The summed E-state index contributed by atoms with van der Waals surface area (Å²) in [6.45, 7) is 0.773. The summed E-state index contributed by atoms with van der Waals surface area (Å²) in [5, 5.41) is 10.1. The molecule has 0 spiro atoms. The highest BCUT2D eigenvalue weighted by molar-refractivity contribution is 8.13. The Morgan fingerprint density at radius 3 is 3.00 bits per heavy atom. The van der Waals surface area contributed by atoms with Gasteiger partial charge >= 0.3 is 0 Å². The van der Waals surface area contributed by atoms with Crippen LogP contribution < -0.4 is 0 Å². The molecule has 1 aliphatic carbocycles. The van der Waals surface area contributed by atoms with Crippen LogP contribution in [0.25, 0.3) is 0 Å². The summed E-state index contributed by atoms with van der Waals surface area (Å²) in [5.41, 5.74) is 0. The summed E-state index contributed by atoms with van der Waals surface area (Å²) in [6, 6.07) is 5.00. The van der Waals surface area contributed by atoms with E-state index in [1.54, 1.807) is 18.9 Å². The SMILES string of the molecule is COCCSC1=NN(C)C(c2cccs2)N1C1CC1. The quantitative estimate of drug-likeness (QED) is 0.781. The fraction of sp³-hybridized carbons (Fsp3) is 0.615. The second kappa shape index (κ2) is 5.73. The standard InChI is InChI=1S/C13H19N3OS2/c1-15-12(11-4-3-8-18-11)16(10-5-6-10)13(14-15)19-9-7-17-2/h3-4,8,10,12H,5-7,9H2,1-2H3. The number of hydrogen-bond acceptors (Lipinski definition) is 6. The van der Waals surface area contributed by atoms with Gasteiger partial charge in [0, 0.05) is 30.8 Å². The van der Waals surface area contributed by atoms with E-state index >= 15 is 0 Å². The first-order valence-electron chi connectivity index (χ1n) is 6.56. The molecule has 0 aromatic carbocycles. The van der Waals surface area contributed by atoms with E-state index in [0.717, 1.165) is 17.5 Å². The van der Waals surface area contributed by atoms with Crippen LogP contribution >= 0.6 is 23.1 Å². The minimum absolute atomic E-state index is 0.289. The average Bonchev–Trinajstić information content (AvgIpc) is 2.98. The first-order valence-corrected chi connectivity index (χ1v) is 8.42. The van der Waals surface area contributed by atoms with Gasteiger partial charge < -0.3 is 9.64 Å². The van der Waals surface area contributed by atoms with Crippen molar-refractivity contribution in [1.29, 1.82) is 0 Å². The first-order chi connectivity index (χ1) is 9.31. The topological polar surface area (TPSA) is 28.1 Å². The van der Waals surface area contributed by atoms with Crippen molar-refractivity contribution in [2.75, 3.05) is 26.5 Å². The molecule has 0 radical (unpaired) electrons. The molecule has 4 nitrogen and oxygen atoms in total. The number of ether oxygens (including phenoxy) is 1. The van der Waals surface area contributed by atoms with Gasteiger partial charge in [0.05, 0.1) is 6.61 Å². The molecule has 0 N–H and O–H groups in total. The lowest BCUT2D eigenvalue weighted by Crippen LogP contribution is -2.34. The van der Waals surface area contributed by atoms with E-state index in [1.807, 2.05) is 11.3 Å². The summed E-state index contributed by atoms with van der Waals surface area (Å²) in [4.78, 5) is 3.87. The highest BCUT2D eigenvalue weighted by Gasteiger charge is 2.42. The second-order valence-corrected chi connectivity index (χ2v) is 6.87. The molecule has 104 valence electrons. The van der Waals surface area contributed by atoms with Crippen molar-refractivity contribution in [3.8, 4) is 0 Å². The predicted molar refractivity (Wildman–Crippen MR) is 81.5 cm³/mol. The molecule has 0 saturated heterocycles. The molecule has 2 aliphatic rings. The van der Waals surface area contributed by atoms with Gasteiger partial charge in [-0.05, 0) is 24.3 Å². The minimum atomic E-state index is 0.289. The molecule has 1 aromatic rings. The molecule has 1 unspecified atom stereocenters. The van der Waals surface area contributed by atoms with Crippen LogP contribution in [0.15, 0.2) is 22.6 Å². The third-order valence-corrected chi connectivity index (χ3v) is 5.17. The van der Waals surface area contributed by atoms with Gasteiger partial charge in [0.15, 0.2) is 11.3 Å². The van der Waals surface area contributed by atoms with E-state index in [0.29, 0.717) is 6.04 Å². The van der Waals surface area contributed by atoms with E-state index < -0.39 is 0 Å². The number of hydrazone groups is 1. The third-order valence-electron chi connectivity index (χ3n) is 3.34. The van der Waals surface area contributed by atoms with Gasteiger partial charge in [-0.1, -0.05) is 17.8 Å². The van der Waals surface area contributed by atoms with Crippen LogP contribution in [0.2, 0.25) is 0 Å². The first kappa shape index (κ1) is 13.3. The van der Waals surface area contributed by atoms with Crippen molar-refractivity contribution in [2.45, 2.75) is 25.0 Å². The second-order valence-electron chi connectivity index (χ2n) is 4.83. The van der Waals surface area contributed by atoms with Crippen molar-refractivity contribution in [2.24, 2.45) is 5.10 Å². The maximum atomic E-state index is 5.13. The zero-order valence-electron chi connectivity index (χ0n) is 11.3. The Hall–Kier alpha value is -0.720. The Morgan fingerprint density at radius 2 is 2.37 bits per heavy atom. The van der Waals surface area contributed by atoms with Gasteiger partial charge in [-0.3, -0.25) is 5.01 Å². The van der Waals surface area contributed by atoms with Crippen molar-refractivity contribution in [3.05, 3.63) is 22.4 Å². The van der Waals surface area contributed by atoms with Crippen LogP contribution in [0, 0.1) is 0 Å². The molecule has 3 rings (SSSR count). The lowest BCUT2D eigenvalue weighted by Gasteiger charge is -2.29. The van der Waals surface area contributed by atoms with E-state index in [2.05, 4.69) is 34.5 Å². The summed E-state index contributed by atoms with van der Waals surface area (Å²) >= 11 is 3.62. The minimum Gasteiger partial charge on any atom is -0.384 e. The number of thioether (sulfide) groups is 1. The van der Waals surface area contributed by atoms with Gasteiger partial charge in [0.1, 0.15) is 0 Å². The van der Waals surface area contributed by atoms with E-state index in [9.17, 15) is 0 Å².